The lowest BCUT2D eigenvalue weighted by Crippen LogP contribution is -2.00. The minimum Gasteiger partial charge on any atom is -0.500 e. The summed E-state index contributed by atoms with van der Waals surface area (Å²) in [5, 5.41) is 24.6. The number of nitro benzene ring substituents is 1. The summed E-state index contributed by atoms with van der Waals surface area (Å²) in [6.45, 7) is 3.66. The van der Waals surface area contributed by atoms with Crippen molar-refractivity contribution in [2.45, 2.75) is 13.8 Å². The van der Waals surface area contributed by atoms with Crippen molar-refractivity contribution < 1.29 is 14.8 Å². The van der Waals surface area contributed by atoms with Crippen LogP contribution in [0.15, 0.2) is 23.3 Å². The molecule has 0 amide bonds. The molecule has 1 aromatic carbocycles. The van der Waals surface area contributed by atoms with Crippen molar-refractivity contribution in [3.63, 3.8) is 0 Å². The summed E-state index contributed by atoms with van der Waals surface area (Å²) in [5.74, 6) is -0.220. The van der Waals surface area contributed by atoms with Gasteiger partial charge in [0.2, 0.25) is 11.7 Å². The lowest BCUT2D eigenvalue weighted by molar-refractivity contribution is -0.386. The van der Waals surface area contributed by atoms with Crippen LogP contribution >= 0.6 is 0 Å². The van der Waals surface area contributed by atoms with Gasteiger partial charge in [-0.3, -0.25) is 10.1 Å². The number of nitrogens with zero attached hydrogens (tertiary/aromatic N) is 4. The van der Waals surface area contributed by atoms with Gasteiger partial charge in [-0.1, -0.05) is 0 Å². The molecule has 120 valence electrons. The monoisotopic (exact) mass is 317 g/mol. The number of phenols is 1. The predicted molar refractivity (Wildman–Crippen MR) is 84.0 cm³/mol. The average Bonchev–Trinajstić information content (AvgIpc) is 2.47. The highest BCUT2D eigenvalue weighted by Crippen LogP contribution is 2.36. The molecule has 2 rings (SSSR count). The Morgan fingerprint density at radius 3 is 2.52 bits per heavy atom. The fraction of sp³-hybridized carbons (Fsp3) is 0.214. The number of aromatic hydroxyl groups is 1. The standard InChI is InChI=1S/C14H15N5O4/c1-8-4-9(2)17-14(16-8)18-15-7-10-5-11(19(21)22)13(20)12(6-10)23-3/h4-7,20H,1-3H3,(H,16,17,18)/b15-7+. The molecule has 0 unspecified atom stereocenters. The van der Waals surface area contributed by atoms with Crippen molar-refractivity contribution in [3.8, 4) is 11.5 Å². The highest BCUT2D eigenvalue weighted by atomic mass is 16.6. The second kappa shape index (κ2) is 6.69. The Hall–Kier alpha value is -3.23. The van der Waals surface area contributed by atoms with Crippen LogP contribution in [0.3, 0.4) is 0 Å². The number of hydrogen-bond acceptors (Lipinski definition) is 8. The molecule has 1 aromatic heterocycles. The van der Waals surface area contributed by atoms with E-state index < -0.39 is 16.4 Å². The van der Waals surface area contributed by atoms with Crippen LogP contribution in [0.25, 0.3) is 0 Å². The maximum atomic E-state index is 10.9. The number of nitro groups is 1. The first-order valence-corrected chi connectivity index (χ1v) is 6.57. The zero-order valence-electron chi connectivity index (χ0n) is 12.8. The summed E-state index contributed by atoms with van der Waals surface area (Å²) < 4.78 is 4.91. The van der Waals surface area contributed by atoms with Gasteiger partial charge in [0.05, 0.1) is 18.2 Å². The van der Waals surface area contributed by atoms with E-state index >= 15 is 0 Å². The first kappa shape index (κ1) is 16.1. The summed E-state index contributed by atoms with van der Waals surface area (Å²) >= 11 is 0. The van der Waals surface area contributed by atoms with E-state index in [9.17, 15) is 15.2 Å². The number of methoxy groups -OCH3 is 1. The number of benzene rings is 1. The van der Waals surface area contributed by atoms with E-state index in [4.69, 9.17) is 4.74 Å². The molecule has 0 aliphatic rings. The molecule has 0 saturated carbocycles. The van der Waals surface area contributed by atoms with E-state index in [1.807, 2.05) is 19.9 Å². The van der Waals surface area contributed by atoms with E-state index in [0.717, 1.165) is 11.4 Å². The van der Waals surface area contributed by atoms with Crippen LogP contribution in [-0.4, -0.2) is 33.3 Å². The zero-order valence-corrected chi connectivity index (χ0v) is 12.8. The number of hydrogen-bond donors (Lipinski definition) is 2. The van der Waals surface area contributed by atoms with Crippen LogP contribution in [0, 0.1) is 24.0 Å². The van der Waals surface area contributed by atoms with Crippen LogP contribution in [-0.2, 0) is 0 Å². The lowest BCUT2D eigenvalue weighted by Gasteiger charge is -2.05. The topological polar surface area (TPSA) is 123 Å². The summed E-state index contributed by atoms with van der Waals surface area (Å²) in [7, 11) is 1.31. The zero-order chi connectivity index (χ0) is 17.0. The number of nitrogens with one attached hydrogen (secondary N) is 1. The molecule has 9 heteroatoms. The summed E-state index contributed by atoms with van der Waals surface area (Å²) in [5.41, 5.74) is 4.14. The van der Waals surface area contributed by atoms with Crippen LogP contribution in [0.5, 0.6) is 11.5 Å². The number of phenolic OH excluding ortho intramolecular Hbond substituents is 1. The van der Waals surface area contributed by atoms with Gasteiger partial charge >= 0.3 is 5.69 Å². The van der Waals surface area contributed by atoms with Crippen molar-refractivity contribution >= 4 is 17.9 Å². The van der Waals surface area contributed by atoms with E-state index in [2.05, 4.69) is 20.5 Å². The lowest BCUT2D eigenvalue weighted by atomic mass is 10.2. The minimum atomic E-state index is -0.699. The number of aromatic nitrogens is 2. The Morgan fingerprint density at radius 2 is 1.96 bits per heavy atom. The Morgan fingerprint density at radius 1 is 1.30 bits per heavy atom. The molecule has 0 atom stereocenters. The third-order valence-electron chi connectivity index (χ3n) is 2.85. The second-order valence-electron chi connectivity index (χ2n) is 4.69. The quantitative estimate of drug-likeness (QED) is 0.492. The molecule has 0 radical (unpaired) electrons. The van der Waals surface area contributed by atoms with Gasteiger partial charge in [0.25, 0.3) is 0 Å². The molecular formula is C14H15N5O4. The summed E-state index contributed by atoms with van der Waals surface area (Å²) in [6.07, 6.45) is 1.34. The first-order chi connectivity index (χ1) is 10.9. The summed E-state index contributed by atoms with van der Waals surface area (Å²) in [6, 6.07) is 4.43. The van der Waals surface area contributed by atoms with Gasteiger partial charge in [-0.05, 0) is 26.0 Å². The van der Waals surface area contributed by atoms with E-state index in [-0.39, 0.29) is 5.75 Å². The minimum absolute atomic E-state index is 0.0108. The number of ether oxygens (including phenoxy) is 1. The number of rotatable bonds is 5. The maximum absolute atomic E-state index is 10.9. The Labute approximate surface area is 131 Å². The van der Waals surface area contributed by atoms with Gasteiger partial charge in [-0.25, -0.2) is 15.4 Å². The number of hydrazone groups is 1. The number of anilines is 1. The second-order valence-corrected chi connectivity index (χ2v) is 4.69. The molecule has 0 bridgehead atoms. The predicted octanol–water partition coefficient (Wildman–Crippen LogP) is 2.16. The van der Waals surface area contributed by atoms with Crippen LogP contribution < -0.4 is 10.2 Å². The molecule has 23 heavy (non-hydrogen) atoms. The molecule has 0 fully saturated rings. The normalized spacial score (nSPS) is 10.7. The third kappa shape index (κ3) is 3.90. The molecule has 0 saturated heterocycles. The van der Waals surface area contributed by atoms with E-state index in [0.29, 0.717) is 11.5 Å². The summed E-state index contributed by atoms with van der Waals surface area (Å²) in [4.78, 5) is 18.5. The molecule has 9 nitrogen and oxygen atoms in total. The van der Waals surface area contributed by atoms with E-state index in [1.165, 1.54) is 25.5 Å². The molecule has 0 aliphatic carbocycles. The van der Waals surface area contributed by atoms with Crippen molar-refractivity contribution in [2.24, 2.45) is 5.10 Å². The van der Waals surface area contributed by atoms with Crippen molar-refractivity contribution in [2.75, 3.05) is 12.5 Å². The Bertz CT molecular complexity index is 756. The van der Waals surface area contributed by atoms with Crippen molar-refractivity contribution in [1.82, 2.24) is 9.97 Å². The van der Waals surface area contributed by atoms with E-state index in [1.54, 1.807) is 0 Å². The SMILES string of the molecule is COc1cc(/C=N/Nc2nc(C)cc(C)n2)cc([N+](=O)[O-])c1O. The maximum Gasteiger partial charge on any atom is 0.315 e. The van der Waals surface area contributed by atoms with Crippen molar-refractivity contribution in [1.29, 1.82) is 0 Å². The smallest absolute Gasteiger partial charge is 0.315 e. The van der Waals surface area contributed by atoms with Gasteiger partial charge in [0.1, 0.15) is 0 Å². The Balaban J connectivity index is 2.25. The van der Waals surface area contributed by atoms with Gasteiger partial charge in [-0.2, -0.15) is 5.10 Å². The highest BCUT2D eigenvalue weighted by molar-refractivity contribution is 5.83. The molecule has 0 aliphatic heterocycles. The molecule has 2 aromatic rings. The van der Waals surface area contributed by atoms with Gasteiger partial charge in [-0.15, -0.1) is 0 Å². The highest BCUT2D eigenvalue weighted by Gasteiger charge is 2.19. The van der Waals surface area contributed by atoms with Gasteiger partial charge in [0, 0.05) is 23.0 Å². The van der Waals surface area contributed by atoms with Crippen molar-refractivity contribution in [3.05, 3.63) is 45.3 Å². The number of aryl methyl sites for hydroxylation is 2. The molecule has 2 N–H and O–H groups in total. The molecule has 1 heterocycles. The average molecular weight is 317 g/mol. The fourth-order valence-electron chi connectivity index (χ4n) is 1.92. The van der Waals surface area contributed by atoms with Gasteiger partial charge in [0.15, 0.2) is 5.75 Å². The molecule has 0 spiro atoms. The van der Waals surface area contributed by atoms with Crippen LogP contribution in [0.4, 0.5) is 11.6 Å². The van der Waals surface area contributed by atoms with Crippen LogP contribution in [0.1, 0.15) is 17.0 Å². The van der Waals surface area contributed by atoms with Gasteiger partial charge < -0.3 is 9.84 Å². The third-order valence-corrected chi connectivity index (χ3v) is 2.85. The van der Waals surface area contributed by atoms with Crippen LogP contribution in [0.2, 0.25) is 0 Å². The first-order valence-electron chi connectivity index (χ1n) is 6.57. The molecular weight excluding hydrogens is 302 g/mol. The Kier molecular flexibility index (Phi) is 4.69. The largest absolute Gasteiger partial charge is 0.500 e. The fourth-order valence-corrected chi connectivity index (χ4v) is 1.92.